The van der Waals surface area contributed by atoms with E-state index in [0.29, 0.717) is 36.9 Å². The van der Waals surface area contributed by atoms with Crippen molar-refractivity contribution in [1.82, 2.24) is 4.72 Å². The summed E-state index contributed by atoms with van der Waals surface area (Å²) in [6.07, 6.45) is -0.161. The summed E-state index contributed by atoms with van der Waals surface area (Å²) in [6, 6.07) is 9.85. The Hall–Kier alpha value is -2.29. The van der Waals surface area contributed by atoms with Crippen molar-refractivity contribution >= 4 is 10.0 Å². The van der Waals surface area contributed by atoms with Gasteiger partial charge in [-0.05, 0) is 35.4 Å². The van der Waals surface area contributed by atoms with E-state index in [1.165, 1.54) is 12.1 Å². The van der Waals surface area contributed by atoms with Crippen LogP contribution in [0.2, 0.25) is 0 Å². The predicted molar refractivity (Wildman–Crippen MR) is 93.2 cm³/mol. The third-order valence-electron chi connectivity index (χ3n) is 4.39. The van der Waals surface area contributed by atoms with Crippen molar-refractivity contribution < 1.29 is 27.7 Å². The van der Waals surface area contributed by atoms with Gasteiger partial charge in [0.2, 0.25) is 10.0 Å². The number of rotatable bonds is 5. The van der Waals surface area contributed by atoms with Crippen molar-refractivity contribution in [2.75, 3.05) is 26.4 Å². The molecule has 0 aromatic heterocycles. The molecule has 0 bridgehead atoms. The zero-order valence-corrected chi connectivity index (χ0v) is 14.8. The largest absolute Gasteiger partial charge is 0.493 e. The van der Waals surface area contributed by atoms with Gasteiger partial charge in [0.15, 0.2) is 11.5 Å². The van der Waals surface area contributed by atoms with Crippen LogP contribution in [0.25, 0.3) is 0 Å². The zero-order valence-electron chi connectivity index (χ0n) is 14.0. The Labute approximate surface area is 151 Å². The van der Waals surface area contributed by atoms with E-state index in [2.05, 4.69) is 4.72 Å². The first kappa shape index (κ1) is 17.1. The highest BCUT2D eigenvalue weighted by molar-refractivity contribution is 7.89. The van der Waals surface area contributed by atoms with Crippen LogP contribution in [0.15, 0.2) is 41.3 Å². The zero-order chi connectivity index (χ0) is 18.1. The van der Waals surface area contributed by atoms with Gasteiger partial charge in [-0.1, -0.05) is 6.07 Å². The molecule has 0 aliphatic carbocycles. The first-order valence-corrected chi connectivity index (χ1v) is 9.84. The van der Waals surface area contributed by atoms with Gasteiger partial charge in [-0.3, -0.25) is 0 Å². The monoisotopic (exact) mass is 377 g/mol. The molecule has 2 aromatic rings. The lowest BCUT2D eigenvalue weighted by molar-refractivity contribution is 0.171. The first-order valence-electron chi connectivity index (χ1n) is 8.36. The summed E-state index contributed by atoms with van der Waals surface area (Å²) < 4.78 is 43.7. The molecule has 4 rings (SSSR count). The molecule has 26 heavy (non-hydrogen) atoms. The summed E-state index contributed by atoms with van der Waals surface area (Å²) in [5.74, 6) is 1.74. The maximum atomic E-state index is 12.5. The van der Waals surface area contributed by atoms with Crippen LogP contribution in [0.3, 0.4) is 0 Å². The lowest BCUT2D eigenvalue weighted by Gasteiger charge is -2.19. The standard InChI is InChI=1S/C18H19NO6S/c20-15(12-1-3-16-13(9-12)5-6-23-16)11-19-26(21,22)14-2-4-17-18(10-14)25-8-7-24-17/h1-4,9-10,15,19-20H,5-8,11H2. The molecule has 0 saturated heterocycles. The predicted octanol–water partition coefficient (Wildman–Crippen LogP) is 1.40. The van der Waals surface area contributed by atoms with Gasteiger partial charge >= 0.3 is 0 Å². The second-order valence-corrected chi connectivity index (χ2v) is 7.91. The number of aliphatic hydroxyl groups is 1. The molecule has 1 unspecified atom stereocenters. The number of hydrogen-bond donors (Lipinski definition) is 2. The van der Waals surface area contributed by atoms with Crippen molar-refractivity contribution in [2.24, 2.45) is 0 Å². The van der Waals surface area contributed by atoms with Gasteiger partial charge in [0.1, 0.15) is 19.0 Å². The number of fused-ring (bicyclic) bond motifs is 2. The van der Waals surface area contributed by atoms with Crippen LogP contribution < -0.4 is 18.9 Å². The molecule has 2 N–H and O–H groups in total. The third-order valence-corrected chi connectivity index (χ3v) is 5.81. The molecule has 2 aliphatic heterocycles. The quantitative estimate of drug-likeness (QED) is 0.818. The summed E-state index contributed by atoms with van der Waals surface area (Å²) in [6.45, 7) is 1.32. The second-order valence-electron chi connectivity index (χ2n) is 6.14. The highest BCUT2D eigenvalue weighted by Crippen LogP contribution is 2.32. The molecular weight excluding hydrogens is 358 g/mol. The average Bonchev–Trinajstić information content (AvgIpc) is 3.13. The number of aliphatic hydroxyl groups excluding tert-OH is 1. The van der Waals surface area contributed by atoms with E-state index >= 15 is 0 Å². The summed E-state index contributed by atoms with van der Waals surface area (Å²) in [5, 5.41) is 10.3. The van der Waals surface area contributed by atoms with Crippen molar-refractivity contribution in [3.8, 4) is 17.2 Å². The fourth-order valence-electron chi connectivity index (χ4n) is 2.99. The minimum atomic E-state index is -3.78. The van der Waals surface area contributed by atoms with E-state index in [4.69, 9.17) is 14.2 Å². The van der Waals surface area contributed by atoms with E-state index in [9.17, 15) is 13.5 Å². The summed E-state index contributed by atoms with van der Waals surface area (Å²) >= 11 is 0. The van der Waals surface area contributed by atoms with Crippen LogP contribution in [0.4, 0.5) is 0 Å². The van der Waals surface area contributed by atoms with E-state index < -0.39 is 16.1 Å². The molecule has 138 valence electrons. The molecule has 0 fully saturated rings. The molecule has 7 nitrogen and oxygen atoms in total. The van der Waals surface area contributed by atoms with Gasteiger partial charge in [0.05, 0.1) is 17.6 Å². The fourth-order valence-corrected chi connectivity index (χ4v) is 4.05. The SMILES string of the molecule is O=S(=O)(NCC(O)c1ccc2c(c1)CCO2)c1ccc2c(c1)OCCO2. The number of ether oxygens (including phenoxy) is 3. The van der Waals surface area contributed by atoms with Gasteiger partial charge in [0.25, 0.3) is 0 Å². The number of hydrogen-bond acceptors (Lipinski definition) is 6. The van der Waals surface area contributed by atoms with Gasteiger partial charge in [-0.2, -0.15) is 0 Å². The topological polar surface area (TPSA) is 94.1 Å². The minimum absolute atomic E-state index is 0.0660. The normalized spacial score (nSPS) is 16.7. The summed E-state index contributed by atoms with van der Waals surface area (Å²) in [5.41, 5.74) is 1.68. The molecular formula is C18H19NO6S. The molecule has 0 spiro atoms. The van der Waals surface area contributed by atoms with Crippen LogP contribution >= 0.6 is 0 Å². The van der Waals surface area contributed by atoms with Crippen LogP contribution in [0.1, 0.15) is 17.2 Å². The van der Waals surface area contributed by atoms with Crippen molar-refractivity contribution in [3.63, 3.8) is 0 Å². The Morgan fingerprint density at radius 3 is 2.54 bits per heavy atom. The molecule has 1 atom stereocenters. The van der Waals surface area contributed by atoms with E-state index in [-0.39, 0.29) is 11.4 Å². The second kappa shape index (κ2) is 6.79. The van der Waals surface area contributed by atoms with E-state index in [1.807, 2.05) is 6.07 Å². The Bertz CT molecular complexity index is 927. The van der Waals surface area contributed by atoms with Gasteiger partial charge in [0, 0.05) is 19.0 Å². The Morgan fingerprint density at radius 2 is 1.69 bits per heavy atom. The van der Waals surface area contributed by atoms with Crippen molar-refractivity contribution in [2.45, 2.75) is 17.4 Å². The number of nitrogens with one attached hydrogen (secondary N) is 1. The highest BCUT2D eigenvalue weighted by atomic mass is 32.2. The minimum Gasteiger partial charge on any atom is -0.493 e. The Morgan fingerprint density at radius 1 is 0.962 bits per heavy atom. The van der Waals surface area contributed by atoms with Crippen LogP contribution in [-0.4, -0.2) is 39.9 Å². The van der Waals surface area contributed by atoms with Gasteiger partial charge in [-0.25, -0.2) is 13.1 Å². The smallest absolute Gasteiger partial charge is 0.240 e. The molecule has 0 saturated carbocycles. The number of sulfonamides is 1. The summed E-state index contributed by atoms with van der Waals surface area (Å²) in [4.78, 5) is 0.0660. The number of benzene rings is 2. The lowest BCUT2D eigenvalue weighted by Crippen LogP contribution is -2.28. The molecule has 0 amide bonds. The van der Waals surface area contributed by atoms with Crippen LogP contribution in [0, 0.1) is 0 Å². The Kier molecular flexibility index (Phi) is 4.47. The maximum absolute atomic E-state index is 12.5. The molecule has 2 aliphatic rings. The average molecular weight is 377 g/mol. The Balaban J connectivity index is 1.46. The summed E-state index contributed by atoms with van der Waals surface area (Å²) in [7, 11) is -3.78. The lowest BCUT2D eigenvalue weighted by atomic mass is 10.0. The van der Waals surface area contributed by atoms with Crippen LogP contribution in [0.5, 0.6) is 17.2 Å². The van der Waals surface area contributed by atoms with E-state index in [1.54, 1.807) is 18.2 Å². The maximum Gasteiger partial charge on any atom is 0.240 e. The molecule has 0 radical (unpaired) electrons. The first-order chi connectivity index (χ1) is 12.5. The molecule has 2 aromatic carbocycles. The van der Waals surface area contributed by atoms with Crippen molar-refractivity contribution in [1.29, 1.82) is 0 Å². The van der Waals surface area contributed by atoms with Gasteiger partial charge < -0.3 is 19.3 Å². The van der Waals surface area contributed by atoms with Crippen molar-refractivity contribution in [3.05, 3.63) is 47.5 Å². The third kappa shape index (κ3) is 3.35. The molecule has 8 heteroatoms. The fraction of sp³-hybridized carbons (Fsp3) is 0.333. The molecule has 2 heterocycles. The van der Waals surface area contributed by atoms with E-state index in [0.717, 1.165) is 17.7 Å². The van der Waals surface area contributed by atoms with Crippen LogP contribution in [-0.2, 0) is 16.4 Å². The van der Waals surface area contributed by atoms with Gasteiger partial charge in [-0.15, -0.1) is 0 Å². The highest BCUT2D eigenvalue weighted by Gasteiger charge is 2.21.